The van der Waals surface area contributed by atoms with Crippen LogP contribution in [0.3, 0.4) is 0 Å². The molecular formula is C15H18BrNO. The first-order valence-corrected chi connectivity index (χ1v) is 7.34. The normalized spacial score (nSPS) is 29.2. The summed E-state index contributed by atoms with van der Waals surface area (Å²) in [6.07, 6.45) is 2.75. The highest BCUT2D eigenvalue weighted by atomic mass is 79.9. The standard InChI is InChI=1S/C15H18BrNO/c1-15(2)8-13(18)17-12-6-3-9-7-10(16)4-5-11(9)14(12)15/h4-5,7,12,14H,3,6,8H2,1-2H3,(H,17,18). The highest BCUT2D eigenvalue weighted by Gasteiger charge is 2.45. The predicted molar refractivity (Wildman–Crippen MR) is 75.5 cm³/mol. The molecule has 1 saturated heterocycles. The highest BCUT2D eigenvalue weighted by Crippen LogP contribution is 2.48. The number of nitrogens with one attached hydrogen (secondary N) is 1. The number of hydrogen-bond acceptors (Lipinski definition) is 1. The van der Waals surface area contributed by atoms with Crippen molar-refractivity contribution < 1.29 is 4.79 Å². The third-order valence-corrected chi connectivity index (χ3v) is 4.86. The number of aryl methyl sites for hydroxylation is 1. The van der Waals surface area contributed by atoms with Gasteiger partial charge < -0.3 is 5.32 Å². The molecule has 1 aromatic carbocycles. The van der Waals surface area contributed by atoms with Crippen molar-refractivity contribution in [1.29, 1.82) is 0 Å². The topological polar surface area (TPSA) is 29.1 Å². The molecule has 1 fully saturated rings. The number of piperidine rings is 1. The van der Waals surface area contributed by atoms with Gasteiger partial charge in [0.15, 0.2) is 0 Å². The van der Waals surface area contributed by atoms with Gasteiger partial charge in [-0.15, -0.1) is 0 Å². The zero-order valence-electron chi connectivity index (χ0n) is 10.8. The van der Waals surface area contributed by atoms with Gasteiger partial charge in [-0.3, -0.25) is 4.79 Å². The molecule has 1 aliphatic heterocycles. The number of benzene rings is 1. The van der Waals surface area contributed by atoms with E-state index in [1.165, 1.54) is 11.1 Å². The number of carbonyl (C=O) groups is 1. The van der Waals surface area contributed by atoms with Gasteiger partial charge in [-0.05, 0) is 41.5 Å². The molecule has 1 heterocycles. The summed E-state index contributed by atoms with van der Waals surface area (Å²) in [6, 6.07) is 6.90. The predicted octanol–water partition coefficient (Wildman–Crippen LogP) is 3.39. The fourth-order valence-electron chi connectivity index (χ4n) is 3.69. The van der Waals surface area contributed by atoms with Gasteiger partial charge in [0, 0.05) is 22.9 Å². The molecule has 1 N–H and O–H groups in total. The van der Waals surface area contributed by atoms with E-state index in [1.807, 2.05) is 0 Å². The van der Waals surface area contributed by atoms with E-state index in [-0.39, 0.29) is 11.3 Å². The maximum absolute atomic E-state index is 11.8. The van der Waals surface area contributed by atoms with E-state index in [1.54, 1.807) is 0 Å². The molecule has 2 aliphatic rings. The summed E-state index contributed by atoms with van der Waals surface area (Å²) in [7, 11) is 0. The molecule has 3 rings (SSSR count). The van der Waals surface area contributed by atoms with E-state index >= 15 is 0 Å². The van der Waals surface area contributed by atoms with E-state index in [0.717, 1.165) is 17.3 Å². The lowest BCUT2D eigenvalue weighted by atomic mass is 9.62. The number of halogens is 1. The summed E-state index contributed by atoms with van der Waals surface area (Å²) >= 11 is 3.55. The van der Waals surface area contributed by atoms with Gasteiger partial charge in [0.1, 0.15) is 0 Å². The average Bonchev–Trinajstić information content (AvgIpc) is 2.26. The van der Waals surface area contributed by atoms with Gasteiger partial charge in [0.05, 0.1) is 0 Å². The van der Waals surface area contributed by atoms with Gasteiger partial charge in [-0.25, -0.2) is 0 Å². The van der Waals surface area contributed by atoms with Crippen LogP contribution in [0.4, 0.5) is 0 Å². The Labute approximate surface area is 116 Å². The maximum atomic E-state index is 11.8. The van der Waals surface area contributed by atoms with Crippen LogP contribution in [0, 0.1) is 5.41 Å². The third kappa shape index (κ3) is 1.89. The molecule has 18 heavy (non-hydrogen) atoms. The lowest BCUT2D eigenvalue weighted by Crippen LogP contribution is -2.53. The fraction of sp³-hybridized carbons (Fsp3) is 0.533. The summed E-state index contributed by atoms with van der Waals surface area (Å²) in [5.41, 5.74) is 2.92. The van der Waals surface area contributed by atoms with Crippen LogP contribution in [0.5, 0.6) is 0 Å². The number of fused-ring (bicyclic) bond motifs is 3. The van der Waals surface area contributed by atoms with Gasteiger partial charge in [-0.1, -0.05) is 35.8 Å². The van der Waals surface area contributed by atoms with Crippen LogP contribution in [-0.2, 0) is 11.2 Å². The Hall–Kier alpha value is -0.830. The molecule has 0 saturated carbocycles. The van der Waals surface area contributed by atoms with E-state index in [9.17, 15) is 4.79 Å². The minimum Gasteiger partial charge on any atom is -0.353 e. The Morgan fingerprint density at radius 1 is 1.39 bits per heavy atom. The van der Waals surface area contributed by atoms with Crippen LogP contribution in [0.1, 0.15) is 43.7 Å². The second-order valence-corrected chi connectivity index (χ2v) is 7.11. The summed E-state index contributed by atoms with van der Waals surface area (Å²) in [6.45, 7) is 4.45. The van der Waals surface area contributed by atoms with Crippen LogP contribution < -0.4 is 5.32 Å². The van der Waals surface area contributed by atoms with Crippen molar-refractivity contribution in [3.8, 4) is 0 Å². The average molecular weight is 308 g/mol. The van der Waals surface area contributed by atoms with Gasteiger partial charge in [0.25, 0.3) is 0 Å². The zero-order chi connectivity index (χ0) is 12.9. The lowest BCUT2D eigenvalue weighted by molar-refractivity contribution is -0.127. The lowest BCUT2D eigenvalue weighted by Gasteiger charge is -2.47. The summed E-state index contributed by atoms with van der Waals surface area (Å²) in [5, 5.41) is 3.18. The van der Waals surface area contributed by atoms with Crippen LogP contribution in [-0.4, -0.2) is 11.9 Å². The molecule has 1 aromatic rings. The Kier molecular flexibility index (Phi) is 2.77. The molecule has 1 aliphatic carbocycles. The molecule has 96 valence electrons. The molecule has 0 spiro atoms. The maximum Gasteiger partial charge on any atom is 0.220 e. The Balaban J connectivity index is 2.08. The minimum atomic E-state index is 0.0516. The van der Waals surface area contributed by atoms with E-state index in [2.05, 4.69) is 53.3 Å². The Bertz CT molecular complexity index is 509. The minimum absolute atomic E-state index is 0.0516. The van der Waals surface area contributed by atoms with Gasteiger partial charge >= 0.3 is 0 Å². The second kappa shape index (κ2) is 4.09. The van der Waals surface area contributed by atoms with E-state index < -0.39 is 0 Å². The van der Waals surface area contributed by atoms with Gasteiger partial charge in [-0.2, -0.15) is 0 Å². The first-order chi connectivity index (χ1) is 8.47. The second-order valence-electron chi connectivity index (χ2n) is 6.20. The van der Waals surface area contributed by atoms with Crippen molar-refractivity contribution in [2.45, 2.75) is 45.1 Å². The first-order valence-electron chi connectivity index (χ1n) is 6.55. The van der Waals surface area contributed by atoms with Crippen LogP contribution in [0.15, 0.2) is 22.7 Å². The van der Waals surface area contributed by atoms with E-state index in [4.69, 9.17) is 0 Å². The highest BCUT2D eigenvalue weighted by molar-refractivity contribution is 9.10. The SMILES string of the molecule is CC1(C)CC(=O)NC2CCc3cc(Br)ccc3C21. The summed E-state index contributed by atoms with van der Waals surface area (Å²) < 4.78 is 1.15. The molecule has 2 nitrogen and oxygen atoms in total. The molecule has 0 radical (unpaired) electrons. The number of carbonyl (C=O) groups excluding carboxylic acids is 1. The van der Waals surface area contributed by atoms with Crippen molar-refractivity contribution in [3.05, 3.63) is 33.8 Å². The molecule has 3 heteroatoms. The van der Waals surface area contributed by atoms with Crippen LogP contribution in [0.25, 0.3) is 0 Å². The van der Waals surface area contributed by atoms with Crippen molar-refractivity contribution in [3.63, 3.8) is 0 Å². The Morgan fingerprint density at radius 3 is 2.94 bits per heavy atom. The smallest absolute Gasteiger partial charge is 0.220 e. The van der Waals surface area contributed by atoms with Crippen LogP contribution in [0.2, 0.25) is 0 Å². The molecule has 0 aromatic heterocycles. The Morgan fingerprint density at radius 2 is 2.17 bits per heavy atom. The fourth-order valence-corrected chi connectivity index (χ4v) is 4.10. The monoisotopic (exact) mass is 307 g/mol. The van der Waals surface area contributed by atoms with Crippen molar-refractivity contribution in [1.82, 2.24) is 5.32 Å². The molecule has 1 amide bonds. The zero-order valence-corrected chi connectivity index (χ0v) is 12.4. The molecule has 0 bridgehead atoms. The van der Waals surface area contributed by atoms with Crippen molar-refractivity contribution >= 4 is 21.8 Å². The summed E-state index contributed by atoms with van der Waals surface area (Å²) in [5.74, 6) is 0.661. The van der Waals surface area contributed by atoms with Crippen molar-refractivity contribution in [2.75, 3.05) is 0 Å². The molecule has 2 atom stereocenters. The van der Waals surface area contributed by atoms with Crippen LogP contribution >= 0.6 is 15.9 Å². The number of amides is 1. The number of hydrogen-bond donors (Lipinski definition) is 1. The number of rotatable bonds is 0. The summed E-state index contributed by atoms with van der Waals surface area (Å²) in [4.78, 5) is 11.8. The molecule has 2 unspecified atom stereocenters. The van der Waals surface area contributed by atoms with Crippen molar-refractivity contribution in [2.24, 2.45) is 5.41 Å². The molecular weight excluding hydrogens is 290 g/mol. The quantitative estimate of drug-likeness (QED) is 0.782. The largest absolute Gasteiger partial charge is 0.353 e. The first kappa shape index (κ1) is 12.2. The van der Waals surface area contributed by atoms with E-state index in [0.29, 0.717) is 18.4 Å². The third-order valence-electron chi connectivity index (χ3n) is 4.37. The van der Waals surface area contributed by atoms with Gasteiger partial charge in [0.2, 0.25) is 5.91 Å².